The third-order valence-electron chi connectivity index (χ3n) is 3.81. The van der Waals surface area contributed by atoms with Crippen LogP contribution in [0.25, 0.3) is 22.4 Å². The van der Waals surface area contributed by atoms with Crippen LogP contribution in [0.15, 0.2) is 69.3 Å². The zero-order chi connectivity index (χ0) is 17.9. The standard InChI is InChI=1S/C20H16N2O2S2/c1-2-25-15-8-5-7-14(10-15)19(23)22-20-21-16(12-26-20)18-11-13-6-3-4-9-17(13)24-18/h3-12H,2H2,1H3,(H,21,22,23). The van der Waals surface area contributed by atoms with Crippen LogP contribution in [0.2, 0.25) is 0 Å². The molecule has 6 heteroatoms. The van der Waals surface area contributed by atoms with Gasteiger partial charge in [-0.25, -0.2) is 4.98 Å². The van der Waals surface area contributed by atoms with Crippen molar-refractivity contribution in [1.29, 1.82) is 0 Å². The van der Waals surface area contributed by atoms with Crippen molar-refractivity contribution >= 4 is 45.1 Å². The first kappa shape index (κ1) is 16.9. The number of carbonyl (C=O) groups is 1. The highest BCUT2D eigenvalue weighted by Gasteiger charge is 2.13. The van der Waals surface area contributed by atoms with E-state index in [1.165, 1.54) is 11.3 Å². The van der Waals surface area contributed by atoms with E-state index in [4.69, 9.17) is 4.42 Å². The van der Waals surface area contributed by atoms with Crippen molar-refractivity contribution in [3.63, 3.8) is 0 Å². The number of amides is 1. The molecule has 2 heterocycles. The fourth-order valence-corrected chi connectivity index (χ4v) is 4.03. The lowest BCUT2D eigenvalue weighted by Crippen LogP contribution is -2.11. The van der Waals surface area contributed by atoms with Crippen LogP contribution in [-0.2, 0) is 0 Å². The van der Waals surface area contributed by atoms with Gasteiger partial charge in [-0.1, -0.05) is 31.2 Å². The molecule has 0 aliphatic carbocycles. The number of thiazole rings is 1. The smallest absolute Gasteiger partial charge is 0.257 e. The maximum absolute atomic E-state index is 12.5. The number of nitrogens with zero attached hydrogens (tertiary/aromatic N) is 1. The number of para-hydroxylation sites is 1. The van der Waals surface area contributed by atoms with Crippen molar-refractivity contribution in [2.24, 2.45) is 0 Å². The highest BCUT2D eigenvalue weighted by Crippen LogP contribution is 2.30. The molecule has 130 valence electrons. The maximum atomic E-state index is 12.5. The van der Waals surface area contributed by atoms with E-state index < -0.39 is 0 Å². The first-order chi connectivity index (χ1) is 12.7. The molecule has 0 aliphatic heterocycles. The van der Waals surface area contributed by atoms with Crippen molar-refractivity contribution in [3.8, 4) is 11.5 Å². The van der Waals surface area contributed by atoms with Crippen LogP contribution in [-0.4, -0.2) is 16.6 Å². The highest BCUT2D eigenvalue weighted by molar-refractivity contribution is 7.99. The van der Waals surface area contributed by atoms with Gasteiger partial charge in [0.25, 0.3) is 5.91 Å². The van der Waals surface area contributed by atoms with E-state index in [9.17, 15) is 4.79 Å². The number of hydrogen-bond donors (Lipinski definition) is 1. The molecule has 2 aromatic heterocycles. The molecule has 0 fully saturated rings. The molecule has 1 N–H and O–H groups in total. The SMILES string of the molecule is CCSc1cccc(C(=O)Nc2nc(-c3cc4ccccc4o3)cs2)c1. The Hall–Kier alpha value is -2.57. The lowest BCUT2D eigenvalue weighted by Gasteiger charge is -2.04. The van der Waals surface area contributed by atoms with Gasteiger partial charge in [-0.2, -0.15) is 0 Å². The molecule has 0 spiro atoms. The molecule has 4 nitrogen and oxygen atoms in total. The topological polar surface area (TPSA) is 55.1 Å². The van der Waals surface area contributed by atoms with Crippen molar-refractivity contribution in [2.45, 2.75) is 11.8 Å². The Morgan fingerprint density at radius 1 is 1.19 bits per heavy atom. The minimum Gasteiger partial charge on any atom is -0.454 e. The number of nitrogens with one attached hydrogen (secondary N) is 1. The van der Waals surface area contributed by atoms with Crippen LogP contribution in [0, 0.1) is 0 Å². The number of carbonyl (C=O) groups excluding carboxylic acids is 1. The zero-order valence-corrected chi connectivity index (χ0v) is 15.7. The van der Waals surface area contributed by atoms with Crippen molar-refractivity contribution in [2.75, 3.05) is 11.1 Å². The molecule has 0 atom stereocenters. The molecule has 1 amide bonds. The molecule has 0 radical (unpaired) electrons. The summed E-state index contributed by atoms with van der Waals surface area (Å²) >= 11 is 3.09. The third-order valence-corrected chi connectivity index (χ3v) is 5.44. The Balaban J connectivity index is 1.53. The summed E-state index contributed by atoms with van der Waals surface area (Å²) in [6.07, 6.45) is 0. The van der Waals surface area contributed by atoms with E-state index in [0.29, 0.717) is 16.5 Å². The van der Waals surface area contributed by atoms with Crippen LogP contribution in [0.1, 0.15) is 17.3 Å². The number of anilines is 1. The molecule has 0 bridgehead atoms. The molecule has 0 unspecified atom stereocenters. The summed E-state index contributed by atoms with van der Waals surface area (Å²) in [4.78, 5) is 18.1. The maximum Gasteiger partial charge on any atom is 0.257 e. The fourth-order valence-electron chi connectivity index (χ4n) is 2.62. The van der Waals surface area contributed by atoms with Crippen LogP contribution in [0.3, 0.4) is 0 Å². The predicted octanol–water partition coefficient (Wildman–Crippen LogP) is 5.92. The molecule has 4 rings (SSSR count). The molecule has 4 aromatic rings. The molecule has 26 heavy (non-hydrogen) atoms. The van der Waals surface area contributed by atoms with E-state index in [1.54, 1.807) is 11.8 Å². The first-order valence-electron chi connectivity index (χ1n) is 8.21. The number of hydrogen-bond acceptors (Lipinski definition) is 5. The van der Waals surface area contributed by atoms with Gasteiger partial charge in [-0.05, 0) is 36.1 Å². The Kier molecular flexibility index (Phi) is 4.77. The zero-order valence-electron chi connectivity index (χ0n) is 14.1. The summed E-state index contributed by atoms with van der Waals surface area (Å²) in [5, 5.41) is 6.34. The van der Waals surface area contributed by atoms with Gasteiger partial charge < -0.3 is 4.42 Å². The van der Waals surface area contributed by atoms with E-state index >= 15 is 0 Å². The normalized spacial score (nSPS) is 11.0. The Bertz CT molecular complexity index is 1040. The molecular weight excluding hydrogens is 364 g/mol. The Morgan fingerprint density at radius 2 is 2.08 bits per heavy atom. The summed E-state index contributed by atoms with van der Waals surface area (Å²) < 4.78 is 5.83. The van der Waals surface area contributed by atoms with Crippen molar-refractivity contribution in [3.05, 3.63) is 65.5 Å². The summed E-state index contributed by atoms with van der Waals surface area (Å²) in [6, 6.07) is 17.4. The second-order valence-electron chi connectivity index (χ2n) is 5.60. The first-order valence-corrected chi connectivity index (χ1v) is 10.1. The minimum absolute atomic E-state index is 0.158. The molecule has 2 aromatic carbocycles. The van der Waals surface area contributed by atoms with Gasteiger partial charge in [0.1, 0.15) is 11.3 Å². The summed E-state index contributed by atoms with van der Waals surface area (Å²) in [6.45, 7) is 2.09. The van der Waals surface area contributed by atoms with E-state index in [-0.39, 0.29) is 5.91 Å². The number of thioether (sulfide) groups is 1. The number of rotatable bonds is 5. The van der Waals surface area contributed by atoms with Gasteiger partial charge >= 0.3 is 0 Å². The van der Waals surface area contributed by atoms with Gasteiger partial charge in [0.2, 0.25) is 0 Å². The van der Waals surface area contributed by atoms with Crippen molar-refractivity contribution < 1.29 is 9.21 Å². The van der Waals surface area contributed by atoms with Gasteiger partial charge in [-0.3, -0.25) is 10.1 Å². The second kappa shape index (κ2) is 7.35. The van der Waals surface area contributed by atoms with Gasteiger partial charge in [0.15, 0.2) is 10.9 Å². The van der Waals surface area contributed by atoms with Crippen LogP contribution in [0.4, 0.5) is 5.13 Å². The number of benzene rings is 2. The average Bonchev–Trinajstić information content (AvgIpc) is 3.28. The summed E-state index contributed by atoms with van der Waals surface area (Å²) in [5.74, 6) is 1.51. The van der Waals surface area contributed by atoms with E-state index in [0.717, 1.165) is 27.3 Å². The largest absolute Gasteiger partial charge is 0.454 e. The summed E-state index contributed by atoms with van der Waals surface area (Å²) in [7, 11) is 0. The van der Waals surface area contributed by atoms with Gasteiger partial charge in [-0.15, -0.1) is 23.1 Å². The quantitative estimate of drug-likeness (QED) is 0.437. The number of aromatic nitrogens is 1. The molecule has 0 saturated heterocycles. The second-order valence-corrected chi connectivity index (χ2v) is 7.80. The highest BCUT2D eigenvalue weighted by atomic mass is 32.2. The number of furan rings is 1. The molecule has 0 saturated carbocycles. The third kappa shape index (κ3) is 3.52. The lowest BCUT2D eigenvalue weighted by molar-refractivity contribution is 0.102. The average molecular weight is 380 g/mol. The van der Waals surface area contributed by atoms with Crippen molar-refractivity contribution in [1.82, 2.24) is 4.98 Å². The molecular formula is C20H16N2O2S2. The predicted molar refractivity (Wildman–Crippen MR) is 108 cm³/mol. The summed E-state index contributed by atoms with van der Waals surface area (Å²) in [5.41, 5.74) is 2.17. The minimum atomic E-state index is -0.158. The van der Waals surface area contributed by atoms with E-state index in [1.807, 2.05) is 60.0 Å². The van der Waals surface area contributed by atoms with Crippen LogP contribution < -0.4 is 5.32 Å². The number of fused-ring (bicyclic) bond motifs is 1. The Morgan fingerprint density at radius 3 is 2.92 bits per heavy atom. The van der Waals surface area contributed by atoms with Crippen LogP contribution in [0.5, 0.6) is 0 Å². The van der Waals surface area contributed by atoms with Crippen LogP contribution >= 0.6 is 23.1 Å². The lowest BCUT2D eigenvalue weighted by atomic mass is 10.2. The monoisotopic (exact) mass is 380 g/mol. The van der Waals surface area contributed by atoms with E-state index in [2.05, 4.69) is 17.2 Å². The fraction of sp³-hybridized carbons (Fsp3) is 0.100. The Labute approximate surface area is 159 Å². The molecule has 0 aliphatic rings. The van der Waals surface area contributed by atoms with Gasteiger partial charge in [0.05, 0.1) is 0 Å². The van der Waals surface area contributed by atoms with Gasteiger partial charge in [0, 0.05) is 21.2 Å².